The van der Waals surface area contributed by atoms with Gasteiger partial charge in [0.2, 0.25) is 0 Å². The molecule has 8 heteroatoms. The average molecular weight is 401 g/mol. The molecule has 1 aromatic carbocycles. The molecule has 0 bridgehead atoms. The van der Waals surface area contributed by atoms with E-state index in [0.717, 1.165) is 20.9 Å². The molecule has 0 atom stereocenters. The fourth-order valence-corrected chi connectivity index (χ4v) is 2.43. The van der Waals surface area contributed by atoms with Gasteiger partial charge in [-0.05, 0) is 43.3 Å². The number of carbonyl (C=O) groups excluding carboxylic acids is 1. The zero-order valence-electron chi connectivity index (χ0n) is 13.1. The number of aromatic hydroxyl groups is 1. The molecule has 25 heavy (non-hydrogen) atoms. The van der Waals surface area contributed by atoms with Crippen LogP contribution in [0.1, 0.15) is 16.2 Å². The molecule has 0 saturated carbocycles. The van der Waals surface area contributed by atoms with E-state index in [1.54, 1.807) is 49.4 Å². The number of aromatic nitrogens is 3. The van der Waals surface area contributed by atoms with Gasteiger partial charge in [-0.3, -0.25) is 9.59 Å². The molecular weight excluding hydrogens is 388 g/mol. The summed E-state index contributed by atoms with van der Waals surface area (Å²) in [6, 6.07) is 12.9. The van der Waals surface area contributed by atoms with Crippen molar-refractivity contribution in [1.82, 2.24) is 14.8 Å². The lowest BCUT2D eigenvalue weighted by atomic mass is 10.3. The first-order chi connectivity index (χ1) is 11.9. The maximum Gasteiger partial charge on any atom is 0.281 e. The number of hydrogen-bond donors (Lipinski definition) is 2. The van der Waals surface area contributed by atoms with Crippen LogP contribution in [0, 0.1) is 6.92 Å². The zero-order valence-corrected chi connectivity index (χ0v) is 14.7. The predicted octanol–water partition coefficient (Wildman–Crippen LogP) is 2.66. The maximum absolute atomic E-state index is 12.4. The van der Waals surface area contributed by atoms with Crippen LogP contribution >= 0.6 is 15.9 Å². The maximum atomic E-state index is 12.4. The molecule has 3 aromatic rings. The molecule has 3 rings (SSSR count). The topological polar surface area (TPSA) is 97.1 Å². The summed E-state index contributed by atoms with van der Waals surface area (Å²) in [5.41, 5.74) is 0.377. The third-order valence-corrected chi connectivity index (χ3v) is 3.86. The number of amides is 1. The highest BCUT2D eigenvalue weighted by atomic mass is 79.9. The van der Waals surface area contributed by atoms with Crippen LogP contribution in [0.15, 0.2) is 57.8 Å². The lowest BCUT2D eigenvalue weighted by Gasteiger charge is -2.09. The Morgan fingerprint density at radius 2 is 1.92 bits per heavy atom. The first-order valence-corrected chi connectivity index (χ1v) is 8.07. The van der Waals surface area contributed by atoms with Gasteiger partial charge in [-0.1, -0.05) is 22.0 Å². The summed E-state index contributed by atoms with van der Waals surface area (Å²) in [5.74, 6) is -0.836. The molecule has 0 aliphatic carbocycles. The zero-order chi connectivity index (χ0) is 18.0. The van der Waals surface area contributed by atoms with E-state index in [0.29, 0.717) is 11.5 Å². The van der Waals surface area contributed by atoms with Crippen molar-refractivity contribution in [2.24, 2.45) is 0 Å². The lowest BCUT2D eigenvalue weighted by molar-refractivity contribution is 0.101. The second-order valence-corrected chi connectivity index (χ2v) is 6.14. The van der Waals surface area contributed by atoms with Crippen molar-refractivity contribution in [2.75, 3.05) is 5.32 Å². The third kappa shape index (κ3) is 3.74. The van der Waals surface area contributed by atoms with Crippen LogP contribution in [0.3, 0.4) is 0 Å². The number of carbonyl (C=O) groups is 1. The van der Waals surface area contributed by atoms with Crippen LogP contribution in [0.25, 0.3) is 5.69 Å². The van der Waals surface area contributed by atoms with E-state index in [9.17, 15) is 14.7 Å². The van der Waals surface area contributed by atoms with Gasteiger partial charge in [-0.15, -0.1) is 0 Å². The van der Waals surface area contributed by atoms with Crippen molar-refractivity contribution in [2.45, 2.75) is 6.92 Å². The highest BCUT2D eigenvalue weighted by Gasteiger charge is 2.17. The van der Waals surface area contributed by atoms with Crippen molar-refractivity contribution in [3.63, 3.8) is 0 Å². The Morgan fingerprint density at radius 3 is 2.60 bits per heavy atom. The van der Waals surface area contributed by atoms with E-state index in [1.165, 1.54) is 0 Å². The van der Waals surface area contributed by atoms with E-state index in [2.05, 4.69) is 31.3 Å². The standard InChI is InChI=1S/C17H13BrN4O3/c1-10-3-2-4-14(19-10)20-17(25)16-13(23)9-15(24)22(21-16)12-7-5-11(18)6-8-12/h2-9,23H,1H3,(H,19,20,25). The normalized spacial score (nSPS) is 10.5. The van der Waals surface area contributed by atoms with Gasteiger partial charge in [0.15, 0.2) is 11.4 Å². The number of aryl methyl sites for hydroxylation is 1. The molecule has 0 spiro atoms. The Labute approximate surface area is 151 Å². The number of nitrogens with zero attached hydrogens (tertiary/aromatic N) is 3. The predicted molar refractivity (Wildman–Crippen MR) is 96.1 cm³/mol. The van der Waals surface area contributed by atoms with Crippen LogP contribution in [0.2, 0.25) is 0 Å². The largest absolute Gasteiger partial charge is 0.505 e. The SMILES string of the molecule is Cc1cccc(NC(=O)c2nn(-c3ccc(Br)cc3)c(=O)cc2O)n1. The van der Waals surface area contributed by atoms with Crippen LogP contribution in [-0.2, 0) is 0 Å². The van der Waals surface area contributed by atoms with E-state index < -0.39 is 17.2 Å². The Kier molecular flexibility index (Phi) is 4.62. The number of halogens is 1. The molecule has 2 heterocycles. The molecule has 0 fully saturated rings. The van der Waals surface area contributed by atoms with Gasteiger partial charge >= 0.3 is 0 Å². The molecule has 2 N–H and O–H groups in total. The molecule has 0 unspecified atom stereocenters. The second-order valence-electron chi connectivity index (χ2n) is 5.22. The molecular formula is C17H13BrN4O3. The fraction of sp³-hybridized carbons (Fsp3) is 0.0588. The van der Waals surface area contributed by atoms with Crippen molar-refractivity contribution in [3.8, 4) is 11.4 Å². The number of anilines is 1. The second kappa shape index (κ2) is 6.86. The number of hydrogen-bond acceptors (Lipinski definition) is 5. The van der Waals surface area contributed by atoms with Crippen LogP contribution < -0.4 is 10.9 Å². The summed E-state index contributed by atoms with van der Waals surface area (Å²) >= 11 is 3.31. The van der Waals surface area contributed by atoms with E-state index in [-0.39, 0.29) is 5.69 Å². The Balaban J connectivity index is 1.98. The molecule has 126 valence electrons. The molecule has 7 nitrogen and oxygen atoms in total. The van der Waals surface area contributed by atoms with Crippen molar-refractivity contribution < 1.29 is 9.90 Å². The monoisotopic (exact) mass is 400 g/mol. The van der Waals surface area contributed by atoms with Gasteiger partial charge < -0.3 is 10.4 Å². The molecule has 1 amide bonds. The summed E-state index contributed by atoms with van der Waals surface area (Å²) < 4.78 is 1.89. The summed E-state index contributed by atoms with van der Waals surface area (Å²) in [7, 11) is 0. The summed E-state index contributed by atoms with van der Waals surface area (Å²) in [5, 5.41) is 16.5. The van der Waals surface area contributed by atoms with Gasteiger partial charge in [0.25, 0.3) is 11.5 Å². The highest BCUT2D eigenvalue weighted by molar-refractivity contribution is 9.10. The minimum Gasteiger partial charge on any atom is -0.505 e. The van der Waals surface area contributed by atoms with Crippen molar-refractivity contribution in [1.29, 1.82) is 0 Å². The summed E-state index contributed by atoms with van der Waals surface area (Å²) in [6.45, 7) is 1.79. The highest BCUT2D eigenvalue weighted by Crippen LogP contribution is 2.16. The molecule has 0 aliphatic heterocycles. The van der Waals surface area contributed by atoms with Gasteiger partial charge in [-0.25, -0.2) is 4.98 Å². The van der Waals surface area contributed by atoms with Gasteiger partial charge in [0, 0.05) is 16.2 Å². The molecule has 0 saturated heterocycles. The first kappa shape index (κ1) is 16.8. The van der Waals surface area contributed by atoms with E-state index in [1.807, 2.05) is 0 Å². The molecule has 0 radical (unpaired) electrons. The van der Waals surface area contributed by atoms with Gasteiger partial charge in [0.05, 0.1) is 5.69 Å². The number of nitrogens with one attached hydrogen (secondary N) is 1. The summed E-state index contributed by atoms with van der Waals surface area (Å²) in [6.07, 6.45) is 0. The Hall–Kier alpha value is -3.00. The Bertz CT molecular complexity index is 1000. The number of benzene rings is 1. The third-order valence-electron chi connectivity index (χ3n) is 3.33. The smallest absolute Gasteiger partial charge is 0.281 e. The average Bonchev–Trinajstić information content (AvgIpc) is 2.56. The van der Waals surface area contributed by atoms with Crippen LogP contribution in [0.4, 0.5) is 5.82 Å². The van der Waals surface area contributed by atoms with Gasteiger partial charge in [0.1, 0.15) is 5.82 Å². The minimum atomic E-state index is -0.665. The molecule has 2 aromatic heterocycles. The lowest BCUT2D eigenvalue weighted by Crippen LogP contribution is -2.25. The molecule has 0 aliphatic rings. The van der Waals surface area contributed by atoms with Gasteiger partial charge in [-0.2, -0.15) is 9.78 Å². The van der Waals surface area contributed by atoms with E-state index in [4.69, 9.17) is 0 Å². The van der Waals surface area contributed by atoms with Crippen molar-refractivity contribution >= 4 is 27.7 Å². The first-order valence-electron chi connectivity index (χ1n) is 7.28. The van der Waals surface area contributed by atoms with E-state index >= 15 is 0 Å². The minimum absolute atomic E-state index is 0.272. The van der Waals surface area contributed by atoms with Crippen molar-refractivity contribution in [3.05, 3.63) is 74.7 Å². The fourth-order valence-electron chi connectivity index (χ4n) is 2.16. The number of rotatable bonds is 3. The van der Waals surface area contributed by atoms with Crippen LogP contribution in [-0.4, -0.2) is 25.8 Å². The Morgan fingerprint density at radius 1 is 1.20 bits per heavy atom. The quantitative estimate of drug-likeness (QED) is 0.704. The van der Waals surface area contributed by atoms with Crippen LogP contribution in [0.5, 0.6) is 5.75 Å². The summed E-state index contributed by atoms with van der Waals surface area (Å²) in [4.78, 5) is 28.6. The number of pyridine rings is 1.